The van der Waals surface area contributed by atoms with Crippen molar-refractivity contribution in [1.82, 2.24) is 4.90 Å². The Morgan fingerprint density at radius 1 is 1.34 bits per heavy atom. The van der Waals surface area contributed by atoms with E-state index in [2.05, 4.69) is 5.16 Å². The number of carbonyl (C=O) groups excluding carboxylic acids is 1. The third-order valence-corrected chi connectivity index (χ3v) is 6.36. The summed E-state index contributed by atoms with van der Waals surface area (Å²) in [5.74, 6) is 0.906. The summed E-state index contributed by atoms with van der Waals surface area (Å²) >= 11 is 0. The van der Waals surface area contributed by atoms with Gasteiger partial charge in [-0.15, -0.1) is 0 Å². The number of piperidine rings is 1. The summed E-state index contributed by atoms with van der Waals surface area (Å²) < 4.78 is 11.0. The maximum atomic E-state index is 13.5. The largest absolute Gasteiger partial charge is 0.496 e. The lowest BCUT2D eigenvalue weighted by Crippen LogP contribution is -2.52. The Balaban J connectivity index is 1.47. The minimum Gasteiger partial charge on any atom is -0.496 e. The highest BCUT2D eigenvalue weighted by Gasteiger charge is 2.46. The quantitative estimate of drug-likeness (QED) is 0.818. The SMILES string of the molecule is COc1ccccc1C1=NOC(CC2(C(=O)N3CCCC(O)C3)CCOCC2)C1. The summed E-state index contributed by atoms with van der Waals surface area (Å²) in [5, 5.41) is 14.3. The van der Waals surface area contributed by atoms with Crippen LogP contribution in [0.25, 0.3) is 0 Å². The molecule has 1 aromatic rings. The van der Waals surface area contributed by atoms with E-state index >= 15 is 0 Å². The number of aliphatic hydroxyl groups excluding tert-OH is 1. The smallest absolute Gasteiger partial charge is 0.229 e. The van der Waals surface area contributed by atoms with Gasteiger partial charge in [0.25, 0.3) is 0 Å². The van der Waals surface area contributed by atoms with Gasteiger partial charge in [-0.1, -0.05) is 17.3 Å². The summed E-state index contributed by atoms with van der Waals surface area (Å²) in [6.45, 7) is 2.30. The first-order valence-corrected chi connectivity index (χ1v) is 10.5. The van der Waals surface area contributed by atoms with E-state index in [0.29, 0.717) is 52.0 Å². The van der Waals surface area contributed by atoms with Crippen LogP contribution in [0.3, 0.4) is 0 Å². The second kappa shape index (κ2) is 8.71. The average molecular weight is 402 g/mol. The van der Waals surface area contributed by atoms with Gasteiger partial charge in [-0.2, -0.15) is 0 Å². The van der Waals surface area contributed by atoms with Crippen LogP contribution in [0.2, 0.25) is 0 Å². The van der Waals surface area contributed by atoms with Crippen molar-refractivity contribution in [1.29, 1.82) is 0 Å². The molecule has 1 aromatic carbocycles. The van der Waals surface area contributed by atoms with Crippen LogP contribution in [0.1, 0.15) is 44.1 Å². The monoisotopic (exact) mass is 402 g/mol. The fourth-order valence-electron chi connectivity index (χ4n) is 4.76. The first-order chi connectivity index (χ1) is 14.1. The highest BCUT2D eigenvalue weighted by molar-refractivity contribution is 6.03. The van der Waals surface area contributed by atoms with Crippen molar-refractivity contribution in [3.05, 3.63) is 29.8 Å². The van der Waals surface area contributed by atoms with Crippen LogP contribution in [0.15, 0.2) is 29.4 Å². The zero-order valence-electron chi connectivity index (χ0n) is 17.0. The normalized spacial score (nSPS) is 26.6. The Bertz CT molecular complexity index is 759. The molecule has 7 nitrogen and oxygen atoms in total. The van der Waals surface area contributed by atoms with Gasteiger partial charge in [-0.05, 0) is 37.8 Å². The second-order valence-electron chi connectivity index (χ2n) is 8.31. The van der Waals surface area contributed by atoms with Gasteiger partial charge in [0.1, 0.15) is 11.9 Å². The molecule has 0 saturated carbocycles. The van der Waals surface area contributed by atoms with Crippen LogP contribution in [0.5, 0.6) is 5.75 Å². The molecule has 1 amide bonds. The van der Waals surface area contributed by atoms with Crippen LogP contribution in [0.4, 0.5) is 0 Å². The van der Waals surface area contributed by atoms with E-state index < -0.39 is 11.5 Å². The van der Waals surface area contributed by atoms with Crippen LogP contribution < -0.4 is 4.74 Å². The Morgan fingerprint density at radius 3 is 2.90 bits per heavy atom. The number of ether oxygens (including phenoxy) is 2. The van der Waals surface area contributed by atoms with Gasteiger partial charge in [0, 0.05) is 44.7 Å². The van der Waals surface area contributed by atoms with Crippen LogP contribution in [-0.2, 0) is 14.4 Å². The zero-order valence-corrected chi connectivity index (χ0v) is 17.0. The number of methoxy groups -OCH3 is 1. The number of aliphatic hydroxyl groups is 1. The van der Waals surface area contributed by atoms with Gasteiger partial charge in [0.05, 0.1) is 24.3 Å². The molecule has 0 spiro atoms. The van der Waals surface area contributed by atoms with Crippen molar-refractivity contribution in [3.63, 3.8) is 0 Å². The lowest BCUT2D eigenvalue weighted by atomic mass is 9.73. The number of nitrogens with zero attached hydrogens (tertiary/aromatic N) is 2. The fraction of sp³-hybridized carbons (Fsp3) is 0.636. The molecule has 4 rings (SSSR count). The minimum absolute atomic E-state index is 0.133. The van der Waals surface area contributed by atoms with Gasteiger partial charge in [0.15, 0.2) is 0 Å². The Labute approximate surface area is 171 Å². The van der Waals surface area contributed by atoms with Crippen molar-refractivity contribution in [2.24, 2.45) is 10.6 Å². The number of β-amino-alcohol motifs (C(OH)–C–C–N with tert-alkyl or cyclic N) is 1. The number of likely N-dealkylation sites (tertiary alicyclic amines) is 1. The first kappa shape index (κ1) is 20.2. The summed E-state index contributed by atoms with van der Waals surface area (Å²) in [6.07, 6.45) is 3.68. The molecule has 0 aliphatic carbocycles. The third kappa shape index (κ3) is 4.26. The molecular weight excluding hydrogens is 372 g/mol. The highest BCUT2D eigenvalue weighted by atomic mass is 16.6. The van der Waals surface area contributed by atoms with Crippen LogP contribution >= 0.6 is 0 Å². The van der Waals surface area contributed by atoms with Crippen LogP contribution in [0, 0.1) is 5.41 Å². The lowest BCUT2D eigenvalue weighted by molar-refractivity contribution is -0.154. The van der Waals surface area contributed by atoms with E-state index in [4.69, 9.17) is 14.3 Å². The predicted octanol–water partition coefficient (Wildman–Crippen LogP) is 2.36. The number of oxime groups is 1. The van der Waals surface area contributed by atoms with E-state index in [1.807, 2.05) is 29.2 Å². The van der Waals surface area contributed by atoms with Gasteiger partial charge < -0.3 is 24.3 Å². The molecule has 2 unspecified atom stereocenters. The van der Waals surface area contributed by atoms with Gasteiger partial charge >= 0.3 is 0 Å². The van der Waals surface area contributed by atoms with Gasteiger partial charge in [-0.25, -0.2) is 0 Å². The van der Waals surface area contributed by atoms with Gasteiger partial charge in [-0.3, -0.25) is 4.79 Å². The van der Waals surface area contributed by atoms with E-state index in [0.717, 1.165) is 29.9 Å². The number of amides is 1. The number of hydrogen-bond donors (Lipinski definition) is 1. The molecule has 0 bridgehead atoms. The molecule has 3 aliphatic rings. The highest BCUT2D eigenvalue weighted by Crippen LogP contribution is 2.41. The average Bonchev–Trinajstić information content (AvgIpc) is 3.22. The molecule has 1 N–H and O–H groups in total. The Hall–Kier alpha value is -2.12. The summed E-state index contributed by atoms with van der Waals surface area (Å²) in [6, 6.07) is 7.78. The lowest BCUT2D eigenvalue weighted by Gasteiger charge is -2.42. The molecule has 3 aliphatic heterocycles. The van der Waals surface area contributed by atoms with E-state index in [9.17, 15) is 9.90 Å². The zero-order chi connectivity index (χ0) is 20.3. The molecular formula is C22H30N2O5. The van der Waals surface area contributed by atoms with Crippen LogP contribution in [-0.4, -0.2) is 67.2 Å². The van der Waals surface area contributed by atoms with Gasteiger partial charge in [0.2, 0.25) is 5.91 Å². The molecule has 3 heterocycles. The number of hydrogen-bond acceptors (Lipinski definition) is 6. The molecule has 0 radical (unpaired) electrons. The number of rotatable bonds is 5. The Morgan fingerprint density at radius 2 is 2.14 bits per heavy atom. The van der Waals surface area contributed by atoms with Crippen molar-refractivity contribution in [3.8, 4) is 5.75 Å². The first-order valence-electron chi connectivity index (χ1n) is 10.5. The second-order valence-corrected chi connectivity index (χ2v) is 8.31. The predicted molar refractivity (Wildman–Crippen MR) is 108 cm³/mol. The van der Waals surface area contributed by atoms with Crippen molar-refractivity contribution >= 4 is 11.6 Å². The Kier molecular flexibility index (Phi) is 6.06. The molecule has 7 heteroatoms. The van der Waals surface area contributed by atoms with E-state index in [-0.39, 0.29) is 12.0 Å². The molecule has 158 valence electrons. The fourth-order valence-corrected chi connectivity index (χ4v) is 4.76. The summed E-state index contributed by atoms with van der Waals surface area (Å²) in [4.78, 5) is 21.1. The molecule has 0 aromatic heterocycles. The topological polar surface area (TPSA) is 80.6 Å². The van der Waals surface area contributed by atoms with Crippen molar-refractivity contribution < 1.29 is 24.2 Å². The minimum atomic E-state index is -0.508. The summed E-state index contributed by atoms with van der Waals surface area (Å²) in [7, 11) is 1.65. The number of carbonyl (C=O) groups is 1. The maximum absolute atomic E-state index is 13.5. The third-order valence-electron chi connectivity index (χ3n) is 6.36. The van der Waals surface area contributed by atoms with E-state index in [1.54, 1.807) is 7.11 Å². The molecule has 2 saturated heterocycles. The van der Waals surface area contributed by atoms with Crippen molar-refractivity contribution in [2.75, 3.05) is 33.4 Å². The molecule has 2 atom stereocenters. The maximum Gasteiger partial charge on any atom is 0.229 e. The van der Waals surface area contributed by atoms with Crippen molar-refractivity contribution in [2.45, 2.75) is 50.7 Å². The molecule has 2 fully saturated rings. The number of benzene rings is 1. The standard InChI is InChI=1S/C22H30N2O5/c1-27-20-7-3-2-6-18(20)19-13-17(29-23-19)14-22(8-11-28-12-9-22)21(26)24-10-4-5-16(25)15-24/h2-3,6-7,16-17,25H,4-5,8-15H2,1H3. The summed E-state index contributed by atoms with van der Waals surface area (Å²) in [5.41, 5.74) is 1.28. The molecule has 29 heavy (non-hydrogen) atoms. The van der Waals surface area contributed by atoms with E-state index in [1.165, 1.54) is 0 Å². The number of para-hydroxylation sites is 1.